The van der Waals surface area contributed by atoms with Crippen LogP contribution < -0.4 is 10.1 Å². The highest BCUT2D eigenvalue weighted by molar-refractivity contribution is 5.94. The molecular formula is C18H22N2O4. The van der Waals surface area contributed by atoms with Gasteiger partial charge in [0.15, 0.2) is 0 Å². The number of nitrogens with zero attached hydrogens (tertiary/aromatic N) is 1. The van der Waals surface area contributed by atoms with Crippen LogP contribution in [0.5, 0.6) is 5.75 Å². The van der Waals surface area contributed by atoms with Crippen LogP contribution in [0.1, 0.15) is 24.8 Å². The smallest absolute Gasteiger partial charge is 0.226 e. The van der Waals surface area contributed by atoms with Crippen molar-refractivity contribution in [2.24, 2.45) is 0 Å². The fourth-order valence-corrected chi connectivity index (χ4v) is 2.88. The number of anilines is 1. The van der Waals surface area contributed by atoms with Crippen LogP contribution in [0.15, 0.2) is 30.5 Å². The largest absolute Gasteiger partial charge is 0.501 e. The summed E-state index contributed by atoms with van der Waals surface area (Å²) in [6.45, 7) is 0.943. The van der Waals surface area contributed by atoms with E-state index in [0.717, 1.165) is 24.1 Å². The molecule has 2 aliphatic rings. The number of likely N-dealkylation sites (N-methyl/N-ethyl adjacent to an activating group) is 1. The van der Waals surface area contributed by atoms with Gasteiger partial charge in [-0.15, -0.1) is 0 Å². The van der Waals surface area contributed by atoms with Gasteiger partial charge in [0.05, 0.1) is 31.9 Å². The Morgan fingerprint density at radius 1 is 1.42 bits per heavy atom. The number of amides is 2. The van der Waals surface area contributed by atoms with E-state index in [1.165, 1.54) is 0 Å². The van der Waals surface area contributed by atoms with Gasteiger partial charge in [-0.1, -0.05) is 6.07 Å². The lowest BCUT2D eigenvalue weighted by Crippen LogP contribution is -2.38. The van der Waals surface area contributed by atoms with E-state index in [1.54, 1.807) is 18.2 Å². The summed E-state index contributed by atoms with van der Waals surface area (Å²) < 4.78 is 10.8. The van der Waals surface area contributed by atoms with Crippen LogP contribution >= 0.6 is 0 Å². The fourth-order valence-electron chi connectivity index (χ4n) is 2.88. The molecule has 0 aliphatic carbocycles. The van der Waals surface area contributed by atoms with E-state index < -0.39 is 0 Å². The minimum atomic E-state index is 0.0287. The van der Waals surface area contributed by atoms with Crippen molar-refractivity contribution in [2.75, 3.05) is 25.6 Å². The lowest BCUT2D eigenvalue weighted by Gasteiger charge is -2.27. The average molecular weight is 330 g/mol. The van der Waals surface area contributed by atoms with E-state index in [4.69, 9.17) is 9.47 Å². The molecule has 3 rings (SSSR count). The lowest BCUT2D eigenvalue weighted by atomic mass is 10.0. The quantitative estimate of drug-likeness (QED) is 0.898. The molecule has 128 valence electrons. The highest BCUT2D eigenvalue weighted by Crippen LogP contribution is 2.27. The molecule has 1 N–H and O–H groups in total. The molecule has 6 heteroatoms. The number of aryl methyl sites for hydroxylation is 1. The summed E-state index contributed by atoms with van der Waals surface area (Å²) in [6.07, 6.45) is 5.94. The molecule has 0 fully saturated rings. The number of rotatable bonds is 5. The van der Waals surface area contributed by atoms with Gasteiger partial charge in [-0.2, -0.15) is 0 Å². The minimum Gasteiger partial charge on any atom is -0.501 e. The molecule has 2 aliphatic heterocycles. The first-order valence-corrected chi connectivity index (χ1v) is 8.23. The van der Waals surface area contributed by atoms with Crippen molar-refractivity contribution in [3.8, 4) is 5.75 Å². The van der Waals surface area contributed by atoms with Crippen molar-refractivity contribution in [2.45, 2.75) is 31.7 Å². The van der Waals surface area contributed by atoms with Gasteiger partial charge in [-0.3, -0.25) is 9.59 Å². The van der Waals surface area contributed by atoms with Crippen LogP contribution in [0, 0.1) is 0 Å². The second kappa shape index (κ2) is 7.38. The molecule has 0 saturated heterocycles. The second-order valence-corrected chi connectivity index (χ2v) is 6.03. The number of nitrogens with one attached hydrogen (secondary N) is 1. The van der Waals surface area contributed by atoms with E-state index in [0.29, 0.717) is 31.8 Å². The summed E-state index contributed by atoms with van der Waals surface area (Å²) in [5, 5.41) is 2.85. The summed E-state index contributed by atoms with van der Waals surface area (Å²) >= 11 is 0. The third-order valence-corrected chi connectivity index (χ3v) is 4.38. The Hall–Kier alpha value is -2.50. The molecule has 2 heterocycles. The first-order valence-electron chi connectivity index (χ1n) is 8.23. The Morgan fingerprint density at radius 3 is 3.08 bits per heavy atom. The molecule has 1 aromatic carbocycles. The third kappa shape index (κ3) is 3.88. The molecule has 1 unspecified atom stereocenters. The molecule has 1 aromatic rings. The number of ether oxygens (including phenoxy) is 2. The van der Waals surface area contributed by atoms with Crippen molar-refractivity contribution in [1.29, 1.82) is 0 Å². The van der Waals surface area contributed by atoms with Crippen LogP contribution in [-0.4, -0.2) is 43.0 Å². The Balaban J connectivity index is 1.50. The van der Waals surface area contributed by atoms with Gasteiger partial charge in [-0.05, 0) is 24.1 Å². The van der Waals surface area contributed by atoms with Crippen LogP contribution in [0.4, 0.5) is 5.69 Å². The molecule has 0 spiro atoms. The fraction of sp³-hybridized carbons (Fsp3) is 0.444. The highest BCUT2D eigenvalue weighted by Gasteiger charge is 2.19. The van der Waals surface area contributed by atoms with Gasteiger partial charge in [0.1, 0.15) is 5.75 Å². The molecule has 2 amide bonds. The molecule has 24 heavy (non-hydrogen) atoms. The second-order valence-electron chi connectivity index (χ2n) is 6.03. The normalized spacial score (nSPS) is 19.0. The lowest BCUT2D eigenvalue weighted by molar-refractivity contribution is -0.132. The molecule has 0 radical (unpaired) electrons. The summed E-state index contributed by atoms with van der Waals surface area (Å²) in [5.41, 5.74) is 1.92. The minimum absolute atomic E-state index is 0.0287. The third-order valence-electron chi connectivity index (χ3n) is 4.38. The van der Waals surface area contributed by atoms with E-state index in [9.17, 15) is 9.59 Å². The Labute approximate surface area is 141 Å². The summed E-state index contributed by atoms with van der Waals surface area (Å²) in [7, 11) is 1.80. The van der Waals surface area contributed by atoms with Gasteiger partial charge in [0.25, 0.3) is 0 Å². The molecule has 0 bridgehead atoms. The van der Waals surface area contributed by atoms with E-state index in [2.05, 4.69) is 5.32 Å². The number of hydrogen-bond acceptors (Lipinski definition) is 4. The van der Waals surface area contributed by atoms with Crippen LogP contribution in [-0.2, 0) is 20.7 Å². The summed E-state index contributed by atoms with van der Waals surface area (Å²) in [6, 6.07) is 5.75. The Kier molecular flexibility index (Phi) is 5.03. The SMILES string of the molecule is CN(C(=O)CCOc1ccc2c(c1)NC(=O)CC2)C1C=COCC1. The zero-order valence-corrected chi connectivity index (χ0v) is 13.8. The van der Waals surface area contributed by atoms with Crippen LogP contribution in [0.3, 0.4) is 0 Å². The van der Waals surface area contributed by atoms with E-state index in [1.807, 2.05) is 24.3 Å². The maximum Gasteiger partial charge on any atom is 0.226 e. The average Bonchev–Trinajstić information content (AvgIpc) is 2.61. The van der Waals surface area contributed by atoms with Crippen molar-refractivity contribution in [3.05, 3.63) is 36.1 Å². The molecule has 0 aromatic heterocycles. The highest BCUT2D eigenvalue weighted by atomic mass is 16.5. The first-order chi connectivity index (χ1) is 11.6. The maximum absolute atomic E-state index is 12.2. The number of carbonyl (C=O) groups excluding carboxylic acids is 2. The topological polar surface area (TPSA) is 67.9 Å². The molecule has 1 atom stereocenters. The van der Waals surface area contributed by atoms with Crippen LogP contribution in [0.2, 0.25) is 0 Å². The number of fused-ring (bicyclic) bond motifs is 1. The van der Waals surface area contributed by atoms with Gasteiger partial charge in [0, 0.05) is 31.6 Å². The number of benzene rings is 1. The number of hydrogen-bond donors (Lipinski definition) is 1. The summed E-state index contributed by atoms with van der Waals surface area (Å²) in [5.74, 6) is 0.733. The summed E-state index contributed by atoms with van der Waals surface area (Å²) in [4.78, 5) is 25.4. The zero-order chi connectivity index (χ0) is 16.9. The van der Waals surface area contributed by atoms with Crippen molar-refractivity contribution >= 4 is 17.5 Å². The Morgan fingerprint density at radius 2 is 2.29 bits per heavy atom. The predicted octanol–water partition coefficient (Wildman–Crippen LogP) is 2.10. The van der Waals surface area contributed by atoms with E-state index in [-0.39, 0.29) is 17.9 Å². The first kappa shape index (κ1) is 16.4. The standard InChI is InChI=1S/C18H22N2O4/c1-20(14-6-9-23-10-7-14)18(22)8-11-24-15-4-2-13-3-5-17(21)19-16(13)12-15/h2,4,6,9,12,14H,3,5,7-8,10-11H2,1H3,(H,19,21). The molecular weight excluding hydrogens is 308 g/mol. The zero-order valence-electron chi connectivity index (χ0n) is 13.8. The van der Waals surface area contributed by atoms with E-state index >= 15 is 0 Å². The Bertz CT molecular complexity index is 656. The molecule has 0 saturated carbocycles. The molecule has 6 nitrogen and oxygen atoms in total. The van der Waals surface area contributed by atoms with Crippen LogP contribution in [0.25, 0.3) is 0 Å². The van der Waals surface area contributed by atoms with Gasteiger partial charge >= 0.3 is 0 Å². The van der Waals surface area contributed by atoms with Gasteiger partial charge in [0.2, 0.25) is 11.8 Å². The van der Waals surface area contributed by atoms with Gasteiger partial charge in [-0.25, -0.2) is 0 Å². The predicted molar refractivity (Wildman–Crippen MR) is 89.8 cm³/mol. The maximum atomic E-state index is 12.2. The monoisotopic (exact) mass is 330 g/mol. The van der Waals surface area contributed by atoms with Crippen molar-refractivity contribution in [3.63, 3.8) is 0 Å². The van der Waals surface area contributed by atoms with Gasteiger partial charge < -0.3 is 19.7 Å². The number of carbonyl (C=O) groups is 2. The van der Waals surface area contributed by atoms with Crippen molar-refractivity contribution < 1.29 is 19.1 Å². The van der Waals surface area contributed by atoms with Crippen molar-refractivity contribution in [1.82, 2.24) is 4.90 Å².